The fourth-order valence-corrected chi connectivity index (χ4v) is 4.45. The molecule has 1 nitrogen and oxygen atoms in total. The Labute approximate surface area is 136 Å². The quantitative estimate of drug-likeness (QED) is 0.776. The maximum atomic E-state index is 6.10. The molecule has 110 valence electrons. The van der Waals surface area contributed by atoms with Gasteiger partial charge in [0.1, 0.15) is 0 Å². The van der Waals surface area contributed by atoms with Crippen LogP contribution in [0.5, 0.6) is 0 Å². The molecule has 0 saturated carbocycles. The molecule has 0 spiro atoms. The molecule has 0 radical (unpaired) electrons. The van der Waals surface area contributed by atoms with Gasteiger partial charge in [0.2, 0.25) is 0 Å². The van der Waals surface area contributed by atoms with E-state index in [0.717, 1.165) is 11.6 Å². The zero-order valence-electron chi connectivity index (χ0n) is 12.4. The van der Waals surface area contributed by atoms with Gasteiger partial charge in [-0.15, -0.1) is 11.8 Å². The first-order valence-electron chi connectivity index (χ1n) is 7.34. The van der Waals surface area contributed by atoms with Gasteiger partial charge in [-0.3, -0.25) is 4.90 Å². The molecule has 3 rings (SSSR count). The van der Waals surface area contributed by atoms with Crippen molar-refractivity contribution in [1.82, 2.24) is 4.90 Å². The predicted octanol–water partition coefficient (Wildman–Crippen LogP) is 5.05. The summed E-state index contributed by atoms with van der Waals surface area (Å²) in [7, 11) is 2.20. The Balaban J connectivity index is 1.64. The van der Waals surface area contributed by atoms with Crippen LogP contribution in [0.4, 0.5) is 0 Å². The van der Waals surface area contributed by atoms with E-state index >= 15 is 0 Å². The van der Waals surface area contributed by atoms with E-state index < -0.39 is 0 Å². The Bertz CT molecular complexity index is 603. The van der Waals surface area contributed by atoms with Gasteiger partial charge in [-0.25, -0.2) is 0 Å². The Kier molecular flexibility index (Phi) is 4.58. The first kappa shape index (κ1) is 15.0. The summed E-state index contributed by atoms with van der Waals surface area (Å²) in [6.07, 6.45) is 1.17. The standard InChI is InChI=1S/C18H20ClNS/c1-13(14-7-5-8-16(19)10-14)20(2)12-17-11-15-6-3-4-9-18(15)21-17/h3-10,13,17H,11-12H2,1-2H3. The molecule has 0 saturated heterocycles. The normalized spacial score (nSPS) is 18.8. The Morgan fingerprint density at radius 3 is 2.81 bits per heavy atom. The molecule has 0 aliphatic carbocycles. The van der Waals surface area contributed by atoms with E-state index in [1.807, 2.05) is 23.9 Å². The van der Waals surface area contributed by atoms with Crippen molar-refractivity contribution in [3.05, 3.63) is 64.7 Å². The largest absolute Gasteiger partial charge is 0.299 e. The molecule has 0 amide bonds. The predicted molar refractivity (Wildman–Crippen MR) is 92.3 cm³/mol. The van der Waals surface area contributed by atoms with Gasteiger partial charge < -0.3 is 0 Å². The van der Waals surface area contributed by atoms with Crippen LogP contribution in [0.2, 0.25) is 5.02 Å². The number of hydrogen-bond donors (Lipinski definition) is 0. The monoisotopic (exact) mass is 317 g/mol. The van der Waals surface area contributed by atoms with Gasteiger partial charge in [0.25, 0.3) is 0 Å². The molecule has 2 aromatic rings. The molecule has 3 heteroatoms. The summed E-state index contributed by atoms with van der Waals surface area (Å²) < 4.78 is 0. The lowest BCUT2D eigenvalue weighted by atomic mass is 10.1. The highest BCUT2D eigenvalue weighted by atomic mass is 35.5. The van der Waals surface area contributed by atoms with Crippen molar-refractivity contribution in [2.24, 2.45) is 0 Å². The zero-order valence-corrected chi connectivity index (χ0v) is 14.0. The highest BCUT2D eigenvalue weighted by Crippen LogP contribution is 2.37. The van der Waals surface area contributed by atoms with Crippen molar-refractivity contribution >= 4 is 23.4 Å². The van der Waals surface area contributed by atoms with Gasteiger partial charge >= 0.3 is 0 Å². The fraction of sp³-hybridized carbons (Fsp3) is 0.333. The second-order valence-electron chi connectivity index (χ2n) is 5.72. The molecule has 0 bridgehead atoms. The van der Waals surface area contributed by atoms with Crippen LogP contribution in [0.25, 0.3) is 0 Å². The average molecular weight is 318 g/mol. The molecule has 2 atom stereocenters. The third-order valence-corrected chi connectivity index (χ3v) is 5.73. The summed E-state index contributed by atoms with van der Waals surface area (Å²) in [5.41, 5.74) is 2.78. The second kappa shape index (κ2) is 6.43. The van der Waals surface area contributed by atoms with Crippen molar-refractivity contribution in [3.63, 3.8) is 0 Å². The molecule has 21 heavy (non-hydrogen) atoms. The minimum absolute atomic E-state index is 0.382. The van der Waals surface area contributed by atoms with Crippen molar-refractivity contribution in [1.29, 1.82) is 0 Å². The first-order valence-corrected chi connectivity index (χ1v) is 8.59. The SMILES string of the molecule is CC(c1cccc(Cl)c1)N(C)CC1Cc2ccccc2S1. The molecule has 1 aliphatic heterocycles. The summed E-state index contributed by atoms with van der Waals surface area (Å²) in [6, 6.07) is 17.3. The number of thioether (sulfide) groups is 1. The molecule has 2 aromatic carbocycles. The van der Waals surface area contributed by atoms with Crippen LogP contribution in [0.3, 0.4) is 0 Å². The van der Waals surface area contributed by atoms with E-state index in [1.54, 1.807) is 0 Å². The zero-order chi connectivity index (χ0) is 14.8. The number of nitrogens with zero attached hydrogens (tertiary/aromatic N) is 1. The highest BCUT2D eigenvalue weighted by molar-refractivity contribution is 8.00. The van der Waals surface area contributed by atoms with E-state index in [-0.39, 0.29) is 0 Å². The Hall–Kier alpha value is -0.960. The van der Waals surface area contributed by atoms with Crippen molar-refractivity contribution < 1.29 is 0 Å². The van der Waals surface area contributed by atoms with Gasteiger partial charge in [0, 0.05) is 27.8 Å². The number of rotatable bonds is 4. The molecule has 0 fully saturated rings. The summed E-state index contributed by atoms with van der Waals surface area (Å²) in [4.78, 5) is 3.88. The molecule has 1 aliphatic rings. The minimum Gasteiger partial charge on any atom is -0.299 e. The third kappa shape index (κ3) is 3.45. The molecular formula is C18H20ClNS. The van der Waals surface area contributed by atoms with E-state index in [9.17, 15) is 0 Å². The van der Waals surface area contributed by atoms with Crippen LogP contribution in [-0.4, -0.2) is 23.7 Å². The van der Waals surface area contributed by atoms with E-state index in [4.69, 9.17) is 11.6 Å². The second-order valence-corrected chi connectivity index (χ2v) is 7.50. The van der Waals surface area contributed by atoms with Crippen LogP contribution in [0.1, 0.15) is 24.1 Å². The maximum Gasteiger partial charge on any atom is 0.0409 e. The van der Waals surface area contributed by atoms with Crippen LogP contribution in [0.15, 0.2) is 53.4 Å². The molecule has 2 unspecified atom stereocenters. The van der Waals surface area contributed by atoms with Crippen LogP contribution in [-0.2, 0) is 6.42 Å². The molecule has 0 aromatic heterocycles. The topological polar surface area (TPSA) is 3.24 Å². The summed E-state index contributed by atoms with van der Waals surface area (Å²) in [6.45, 7) is 3.34. The van der Waals surface area contributed by atoms with Gasteiger partial charge in [-0.05, 0) is 49.7 Å². The van der Waals surface area contributed by atoms with Crippen molar-refractivity contribution in [3.8, 4) is 0 Å². The fourth-order valence-electron chi connectivity index (χ4n) is 2.86. The van der Waals surface area contributed by atoms with Crippen LogP contribution < -0.4 is 0 Å². The van der Waals surface area contributed by atoms with Crippen LogP contribution >= 0.6 is 23.4 Å². The van der Waals surface area contributed by atoms with Gasteiger partial charge in [-0.1, -0.05) is 41.9 Å². The Morgan fingerprint density at radius 1 is 1.24 bits per heavy atom. The number of fused-ring (bicyclic) bond motifs is 1. The molecule has 1 heterocycles. The van der Waals surface area contributed by atoms with Gasteiger partial charge in [0.05, 0.1) is 0 Å². The van der Waals surface area contributed by atoms with Gasteiger partial charge in [0.15, 0.2) is 0 Å². The number of hydrogen-bond acceptors (Lipinski definition) is 2. The Morgan fingerprint density at radius 2 is 2.05 bits per heavy atom. The first-order chi connectivity index (χ1) is 10.1. The van der Waals surface area contributed by atoms with E-state index in [0.29, 0.717) is 11.3 Å². The van der Waals surface area contributed by atoms with Crippen molar-refractivity contribution in [2.75, 3.05) is 13.6 Å². The smallest absolute Gasteiger partial charge is 0.0409 e. The lowest BCUT2D eigenvalue weighted by Gasteiger charge is -2.27. The van der Waals surface area contributed by atoms with E-state index in [1.165, 1.54) is 22.4 Å². The lowest BCUT2D eigenvalue weighted by Crippen LogP contribution is -2.29. The lowest BCUT2D eigenvalue weighted by molar-refractivity contribution is 0.262. The van der Waals surface area contributed by atoms with Gasteiger partial charge in [-0.2, -0.15) is 0 Å². The summed E-state index contributed by atoms with van der Waals surface area (Å²) in [5, 5.41) is 1.46. The summed E-state index contributed by atoms with van der Waals surface area (Å²) >= 11 is 8.11. The van der Waals surface area contributed by atoms with E-state index in [2.05, 4.69) is 55.3 Å². The average Bonchev–Trinajstić information content (AvgIpc) is 2.88. The van der Waals surface area contributed by atoms with Crippen molar-refractivity contribution in [2.45, 2.75) is 29.5 Å². The maximum absolute atomic E-state index is 6.10. The number of halogens is 1. The minimum atomic E-state index is 0.382. The molecule has 0 N–H and O–H groups in total. The highest BCUT2D eigenvalue weighted by Gasteiger charge is 2.24. The molecular weight excluding hydrogens is 298 g/mol. The number of benzene rings is 2. The van der Waals surface area contributed by atoms with Crippen LogP contribution in [0, 0.1) is 0 Å². The third-order valence-electron chi connectivity index (χ3n) is 4.20. The summed E-state index contributed by atoms with van der Waals surface area (Å²) in [5.74, 6) is 0.